The Labute approximate surface area is 146 Å². The van der Waals surface area contributed by atoms with Crippen LogP contribution in [0.25, 0.3) is 11.7 Å². The van der Waals surface area contributed by atoms with E-state index < -0.39 is 10.0 Å². The molecule has 25 heavy (non-hydrogen) atoms. The lowest BCUT2D eigenvalue weighted by Gasteiger charge is -2.17. The molecule has 1 aliphatic carbocycles. The Kier molecular flexibility index (Phi) is 4.10. The summed E-state index contributed by atoms with van der Waals surface area (Å²) in [6, 6.07) is 13.6. The molecule has 3 aromatic rings. The zero-order chi connectivity index (χ0) is 17.3. The molecule has 4 rings (SSSR count). The fraction of sp³-hybridized carbons (Fsp3) is 0.222. The van der Waals surface area contributed by atoms with E-state index >= 15 is 0 Å². The number of aryl methyl sites for hydroxylation is 1. The molecule has 0 aliphatic heterocycles. The van der Waals surface area contributed by atoms with Crippen molar-refractivity contribution in [2.45, 2.75) is 19.3 Å². The molecule has 0 saturated carbocycles. The molecule has 0 radical (unpaired) electrons. The normalized spacial score (nSPS) is 14.3. The molecular formula is C18H18N4O2S. The zero-order valence-electron chi connectivity index (χ0n) is 13.6. The van der Waals surface area contributed by atoms with Gasteiger partial charge in [0.15, 0.2) is 5.65 Å². The van der Waals surface area contributed by atoms with Crippen LogP contribution in [0.4, 0.5) is 0 Å². The van der Waals surface area contributed by atoms with Crippen LogP contribution in [0.15, 0.2) is 53.6 Å². The summed E-state index contributed by atoms with van der Waals surface area (Å²) in [7, 11) is -3.48. The van der Waals surface area contributed by atoms with Crippen molar-refractivity contribution in [2.75, 3.05) is 6.54 Å². The van der Waals surface area contributed by atoms with Gasteiger partial charge in [-0.3, -0.25) is 4.40 Å². The highest BCUT2D eigenvalue weighted by Crippen LogP contribution is 2.26. The number of allylic oxidation sites excluding steroid dienone is 1. The molecule has 7 heteroatoms. The van der Waals surface area contributed by atoms with Gasteiger partial charge in [0.2, 0.25) is 10.0 Å². The topological polar surface area (TPSA) is 76.4 Å². The molecule has 2 aromatic heterocycles. The number of nitrogens with one attached hydrogen (secondary N) is 1. The van der Waals surface area contributed by atoms with Gasteiger partial charge in [0.05, 0.1) is 4.91 Å². The van der Waals surface area contributed by atoms with Crippen LogP contribution in [0.5, 0.6) is 0 Å². The molecule has 6 nitrogen and oxygen atoms in total. The van der Waals surface area contributed by atoms with Gasteiger partial charge in [-0.25, -0.2) is 13.1 Å². The number of hydrogen-bond donors (Lipinski definition) is 1. The van der Waals surface area contributed by atoms with Crippen molar-refractivity contribution in [2.24, 2.45) is 0 Å². The standard InChI is InChI=1S/C18H18N4O2S/c23-25(24,16-9-8-14-5-1-2-6-15(14)13-16)19-11-10-18-21-20-17-7-3-4-12-22(17)18/h1-7,12-13,19H,8-11H2. The maximum Gasteiger partial charge on any atom is 0.236 e. The monoisotopic (exact) mass is 354 g/mol. The summed E-state index contributed by atoms with van der Waals surface area (Å²) in [5, 5.41) is 8.19. The quantitative estimate of drug-likeness (QED) is 0.762. The molecule has 0 atom stereocenters. The van der Waals surface area contributed by atoms with Crippen molar-refractivity contribution >= 4 is 21.7 Å². The number of hydrogen-bond acceptors (Lipinski definition) is 4. The third kappa shape index (κ3) is 3.20. The summed E-state index contributed by atoms with van der Waals surface area (Å²) in [5.74, 6) is 0.737. The van der Waals surface area contributed by atoms with Crippen molar-refractivity contribution in [3.63, 3.8) is 0 Å². The second-order valence-corrected chi connectivity index (χ2v) is 7.82. The maximum atomic E-state index is 12.6. The lowest BCUT2D eigenvalue weighted by atomic mass is 9.98. The van der Waals surface area contributed by atoms with Crippen molar-refractivity contribution in [1.82, 2.24) is 19.3 Å². The van der Waals surface area contributed by atoms with E-state index in [1.165, 1.54) is 5.56 Å². The predicted molar refractivity (Wildman–Crippen MR) is 96.4 cm³/mol. The van der Waals surface area contributed by atoms with E-state index in [9.17, 15) is 8.42 Å². The molecule has 0 bridgehead atoms. The third-order valence-corrected chi connectivity index (χ3v) is 5.98. The molecule has 0 saturated heterocycles. The molecule has 1 N–H and O–H groups in total. The van der Waals surface area contributed by atoms with Crippen LogP contribution >= 0.6 is 0 Å². The SMILES string of the molecule is O=S(=O)(NCCc1nnc2ccccn12)C1=Cc2ccccc2CC1. The number of rotatable bonds is 5. The fourth-order valence-electron chi connectivity index (χ4n) is 3.07. The number of fused-ring (bicyclic) bond motifs is 2. The zero-order valence-corrected chi connectivity index (χ0v) is 14.4. The van der Waals surface area contributed by atoms with Crippen LogP contribution in [-0.2, 0) is 22.9 Å². The molecular weight excluding hydrogens is 336 g/mol. The van der Waals surface area contributed by atoms with Gasteiger partial charge < -0.3 is 0 Å². The Morgan fingerprint density at radius 2 is 1.88 bits per heavy atom. The molecule has 1 aliphatic rings. The van der Waals surface area contributed by atoms with E-state index in [0.29, 0.717) is 17.7 Å². The molecule has 2 heterocycles. The van der Waals surface area contributed by atoms with Gasteiger partial charge in [-0.1, -0.05) is 30.3 Å². The van der Waals surface area contributed by atoms with E-state index in [0.717, 1.165) is 23.5 Å². The van der Waals surface area contributed by atoms with Gasteiger partial charge in [-0.05, 0) is 42.2 Å². The first-order chi connectivity index (χ1) is 12.1. The van der Waals surface area contributed by atoms with Gasteiger partial charge in [0.25, 0.3) is 0 Å². The van der Waals surface area contributed by atoms with Crippen LogP contribution in [0, 0.1) is 0 Å². The minimum Gasteiger partial charge on any atom is -0.286 e. The van der Waals surface area contributed by atoms with E-state index in [2.05, 4.69) is 14.9 Å². The first-order valence-corrected chi connectivity index (χ1v) is 9.68. The van der Waals surface area contributed by atoms with Crippen molar-refractivity contribution in [3.05, 3.63) is 70.5 Å². The Hall–Kier alpha value is -2.51. The molecule has 1 aromatic carbocycles. The third-order valence-electron chi connectivity index (χ3n) is 4.38. The lowest BCUT2D eigenvalue weighted by Crippen LogP contribution is -2.28. The second-order valence-electron chi connectivity index (χ2n) is 6.00. The number of sulfonamides is 1. The van der Waals surface area contributed by atoms with E-state index in [4.69, 9.17) is 0 Å². The maximum absolute atomic E-state index is 12.6. The summed E-state index contributed by atoms with van der Waals surface area (Å²) < 4.78 is 29.7. The van der Waals surface area contributed by atoms with Crippen LogP contribution < -0.4 is 4.72 Å². The summed E-state index contributed by atoms with van der Waals surface area (Å²) in [4.78, 5) is 0.442. The molecule has 0 amide bonds. The number of nitrogens with zero attached hydrogens (tertiary/aromatic N) is 3. The van der Waals surface area contributed by atoms with Crippen molar-refractivity contribution in [1.29, 1.82) is 0 Å². The number of pyridine rings is 1. The summed E-state index contributed by atoms with van der Waals surface area (Å²) >= 11 is 0. The molecule has 0 unspecified atom stereocenters. The Morgan fingerprint density at radius 3 is 2.80 bits per heavy atom. The first kappa shape index (κ1) is 16.0. The summed E-state index contributed by atoms with van der Waals surface area (Å²) in [6.07, 6.45) is 5.40. The van der Waals surface area contributed by atoms with E-state index in [1.54, 1.807) is 6.08 Å². The molecule has 128 valence electrons. The number of aromatic nitrogens is 3. The second kappa shape index (κ2) is 6.42. The smallest absolute Gasteiger partial charge is 0.236 e. The van der Waals surface area contributed by atoms with Crippen LogP contribution in [0.1, 0.15) is 23.4 Å². The fourth-order valence-corrected chi connectivity index (χ4v) is 4.28. The highest BCUT2D eigenvalue weighted by Gasteiger charge is 2.21. The number of benzene rings is 1. The predicted octanol–water partition coefficient (Wildman–Crippen LogP) is 2.18. The van der Waals surface area contributed by atoms with Gasteiger partial charge in [0, 0.05) is 19.2 Å². The minimum absolute atomic E-state index is 0.289. The highest BCUT2D eigenvalue weighted by molar-refractivity contribution is 7.93. The highest BCUT2D eigenvalue weighted by atomic mass is 32.2. The summed E-state index contributed by atoms with van der Waals surface area (Å²) in [6.45, 7) is 0.289. The van der Waals surface area contributed by atoms with Crippen LogP contribution in [0.3, 0.4) is 0 Å². The Bertz CT molecular complexity index is 1050. The first-order valence-electron chi connectivity index (χ1n) is 8.20. The van der Waals surface area contributed by atoms with E-state index in [-0.39, 0.29) is 6.54 Å². The lowest BCUT2D eigenvalue weighted by molar-refractivity contribution is 0.585. The average molecular weight is 354 g/mol. The average Bonchev–Trinajstić information content (AvgIpc) is 3.04. The molecule has 0 spiro atoms. The van der Waals surface area contributed by atoms with Gasteiger partial charge in [-0.2, -0.15) is 0 Å². The Morgan fingerprint density at radius 1 is 1.04 bits per heavy atom. The van der Waals surface area contributed by atoms with Crippen LogP contribution in [-0.4, -0.2) is 29.6 Å². The Balaban J connectivity index is 1.46. The van der Waals surface area contributed by atoms with Gasteiger partial charge in [0.1, 0.15) is 5.82 Å². The summed E-state index contributed by atoms with van der Waals surface area (Å²) in [5.41, 5.74) is 2.93. The molecule has 0 fully saturated rings. The van der Waals surface area contributed by atoms with Crippen molar-refractivity contribution in [3.8, 4) is 0 Å². The van der Waals surface area contributed by atoms with Gasteiger partial charge in [-0.15, -0.1) is 10.2 Å². The minimum atomic E-state index is -3.48. The van der Waals surface area contributed by atoms with Gasteiger partial charge >= 0.3 is 0 Å². The largest absolute Gasteiger partial charge is 0.286 e. The van der Waals surface area contributed by atoms with E-state index in [1.807, 2.05) is 53.1 Å². The van der Waals surface area contributed by atoms with Crippen molar-refractivity contribution < 1.29 is 8.42 Å². The van der Waals surface area contributed by atoms with Crippen LogP contribution in [0.2, 0.25) is 0 Å².